The Labute approximate surface area is 552 Å². The molecule has 0 bridgehead atoms. The second kappa shape index (κ2) is 27.1. The average molecular weight is 1300 g/mol. The summed E-state index contributed by atoms with van der Waals surface area (Å²) in [5.41, 5.74) is 12.6. The predicted molar refractivity (Wildman–Crippen MR) is 397 cm³/mol. The molecule has 8 aromatic carbocycles. The molecule has 0 aliphatic carbocycles. The summed E-state index contributed by atoms with van der Waals surface area (Å²) in [6.45, 7) is 18.0. The van der Waals surface area contributed by atoms with Crippen LogP contribution in [0.25, 0.3) is 0 Å². The molecule has 8 aromatic rings. The lowest BCUT2D eigenvalue weighted by molar-refractivity contribution is 0.565. The third-order valence-electron chi connectivity index (χ3n) is 22.7. The van der Waals surface area contributed by atoms with Crippen molar-refractivity contribution in [1.29, 1.82) is 0 Å². The molecular weight excluding hydrogens is 1200 g/mol. The summed E-state index contributed by atoms with van der Waals surface area (Å²) in [7, 11) is -15.9. The first-order valence-electron chi connectivity index (χ1n) is 36.1. The molecule has 0 atom stereocenters. The highest BCUT2D eigenvalue weighted by molar-refractivity contribution is 7.89. The predicted octanol–water partition coefficient (Wildman–Crippen LogP) is 19.0. The average Bonchev–Trinajstić information content (AvgIpc) is 0.674. The van der Waals surface area contributed by atoms with Crippen molar-refractivity contribution < 1.29 is 18.3 Å². The monoisotopic (exact) mass is 1300 g/mol. The van der Waals surface area contributed by atoms with E-state index in [9.17, 15) is 0 Å². The first-order valence-corrected chi connectivity index (χ1v) is 43.0. The Morgan fingerprint density at radius 2 is 0.402 bits per heavy atom. The van der Waals surface area contributed by atoms with Crippen molar-refractivity contribution in [3.05, 3.63) is 212 Å². The maximum absolute atomic E-state index is 18.8. The number of benzene rings is 8. The van der Waals surface area contributed by atoms with Gasteiger partial charge in [-0.15, -0.1) is 0 Å². The smallest absolute Gasteiger partial charge is 0.172 e. The van der Waals surface area contributed by atoms with E-state index in [1.165, 1.54) is 25.7 Å². The highest BCUT2D eigenvalue weighted by atomic mass is 31.2. The number of hydrogen-bond acceptors (Lipinski definition) is 4. The van der Waals surface area contributed by atoms with Gasteiger partial charge in [-0.3, -0.25) is 0 Å². The molecule has 0 N–H and O–H groups in total. The van der Waals surface area contributed by atoms with Crippen molar-refractivity contribution in [2.45, 2.75) is 233 Å². The van der Waals surface area contributed by atoms with Crippen LogP contribution in [0.1, 0.15) is 272 Å². The molecule has 4 nitrogen and oxygen atoms in total. The molecule has 4 aliphatic heterocycles. The Morgan fingerprint density at radius 1 is 0.239 bits per heavy atom. The first kappa shape index (κ1) is 65.3. The van der Waals surface area contributed by atoms with Crippen LogP contribution in [0.4, 0.5) is 0 Å². The van der Waals surface area contributed by atoms with Crippen LogP contribution in [0, 0.1) is 27.7 Å². The zero-order valence-corrected chi connectivity index (χ0v) is 60.1. The van der Waals surface area contributed by atoms with Gasteiger partial charge in [-0.05, 0) is 120 Å². The summed E-state index contributed by atoms with van der Waals surface area (Å²) in [4.78, 5) is 0. The molecule has 4 heterocycles. The van der Waals surface area contributed by atoms with Crippen LogP contribution < -0.4 is 63.7 Å². The van der Waals surface area contributed by atoms with Crippen molar-refractivity contribution in [1.82, 2.24) is 0 Å². The molecule has 92 heavy (non-hydrogen) atoms. The van der Waals surface area contributed by atoms with Gasteiger partial charge in [0.05, 0.1) is 0 Å². The molecule has 0 saturated carbocycles. The van der Waals surface area contributed by atoms with E-state index >= 15 is 18.3 Å². The number of fused-ring (bicyclic) bond motifs is 8. The Hall–Kier alpha value is -5.32. The second-order valence-corrected chi connectivity index (χ2v) is 38.8. The van der Waals surface area contributed by atoms with Crippen LogP contribution in [0.15, 0.2) is 146 Å². The van der Waals surface area contributed by atoms with E-state index in [2.05, 4.69) is 128 Å². The lowest BCUT2D eigenvalue weighted by Crippen LogP contribution is -2.50. The minimum Gasteiger partial charge on any atom is -0.309 e. The molecule has 0 saturated heterocycles. The Kier molecular flexibility index (Phi) is 19.2. The minimum absolute atomic E-state index is 0.120. The van der Waals surface area contributed by atoms with Crippen molar-refractivity contribution in [2.75, 3.05) is 0 Å². The number of unbranched alkanes of at least 4 members (excludes halogenated alkanes) is 16. The SMILES string of the molecule is CCCCCCCC1c2cc3c4c(C)c2P(=O)(c2ccccc2)c2c1cc1c(c2C)P(=O)(c2ccccc2)c2c(cc5c(c2C)P(=O)(c2ccccc2)c2c(cc(c(c2C)P4(=O)c2ccccc2)C3CCCCCCC)C5CCCCCCC)C1CCCCCCC. The van der Waals surface area contributed by atoms with Crippen molar-refractivity contribution in [2.24, 2.45) is 0 Å². The summed E-state index contributed by atoms with van der Waals surface area (Å²) in [6.07, 6.45) is 26.1. The van der Waals surface area contributed by atoms with Gasteiger partial charge in [0, 0.05) is 87.3 Å². The van der Waals surface area contributed by atoms with Gasteiger partial charge in [0.25, 0.3) is 0 Å². The molecule has 0 spiro atoms. The van der Waals surface area contributed by atoms with Gasteiger partial charge in [-0.2, -0.15) is 0 Å². The summed E-state index contributed by atoms with van der Waals surface area (Å²) >= 11 is 0. The third-order valence-corrected chi connectivity index (χ3v) is 36.5. The van der Waals surface area contributed by atoms with Crippen LogP contribution >= 0.6 is 28.6 Å². The highest BCUT2D eigenvalue weighted by Crippen LogP contribution is 2.64. The number of hydrogen-bond donors (Lipinski definition) is 0. The normalized spacial score (nSPS) is 23.3. The molecule has 0 amide bonds. The van der Waals surface area contributed by atoms with Crippen molar-refractivity contribution in [3.63, 3.8) is 0 Å². The fraction of sp³-hybridized carbons (Fsp3) is 0.429. The summed E-state index contributed by atoms with van der Waals surface area (Å²) < 4.78 is 75.2. The standard InChI is InChI=1S/C84H100O4P4/c1-9-13-17-21-37-49-65-69-53-71-66(50-38-22-18-14-10-2)73-55-75-68(52-40-24-20-16-12-4)76-56-74-67(51-39-23-19-15-11-3)72-54-70(65)78-58(6)80(72)91(87,63-45-33-27-34-46-63)82(74)60(8)84(76)92(88,64-47-35-28-36-48-64)83(75)59(7)81(73)90(86,62-43-31-26-32-44-62)79(71)57(5)77(69)89(78,85)61-41-29-25-30-42-61/h25-36,41-48,53-56,65-68H,9-24,37-40,49-52H2,1-8H3. The lowest BCUT2D eigenvalue weighted by atomic mass is 9.75. The van der Waals surface area contributed by atoms with E-state index in [-0.39, 0.29) is 23.7 Å². The molecular formula is C84H100O4P4. The van der Waals surface area contributed by atoms with E-state index in [4.69, 9.17) is 0 Å². The van der Waals surface area contributed by atoms with Crippen LogP contribution in [0.5, 0.6) is 0 Å². The van der Waals surface area contributed by atoms with Gasteiger partial charge in [0.2, 0.25) is 0 Å². The quantitative estimate of drug-likeness (QED) is 0.0362. The highest BCUT2D eigenvalue weighted by Gasteiger charge is 2.56. The lowest BCUT2D eigenvalue weighted by Gasteiger charge is -2.47. The summed E-state index contributed by atoms with van der Waals surface area (Å²) in [5.74, 6) is -0.478. The van der Waals surface area contributed by atoms with E-state index < -0.39 is 28.6 Å². The number of rotatable bonds is 28. The molecule has 0 aromatic heterocycles. The maximum atomic E-state index is 18.8. The van der Waals surface area contributed by atoms with Gasteiger partial charge < -0.3 is 18.3 Å². The van der Waals surface area contributed by atoms with Gasteiger partial charge in [0.1, 0.15) is 0 Å². The zero-order chi connectivity index (χ0) is 64.1. The molecule has 4 aliphatic rings. The molecule has 12 rings (SSSR count). The van der Waals surface area contributed by atoms with Crippen LogP contribution in [0.3, 0.4) is 0 Å². The Balaban J connectivity index is 1.28. The molecule has 0 unspecified atom stereocenters. The van der Waals surface area contributed by atoms with Gasteiger partial charge in [-0.25, -0.2) is 0 Å². The topological polar surface area (TPSA) is 68.3 Å². The van der Waals surface area contributed by atoms with Crippen molar-refractivity contribution >= 4 is 92.2 Å². The fourth-order valence-corrected chi connectivity index (χ4v) is 33.6. The van der Waals surface area contributed by atoms with Crippen LogP contribution in [0.2, 0.25) is 0 Å². The molecule has 8 heteroatoms. The fourth-order valence-electron chi connectivity index (χ4n) is 18.6. The van der Waals surface area contributed by atoms with Crippen LogP contribution in [-0.2, 0) is 18.3 Å². The van der Waals surface area contributed by atoms with Crippen LogP contribution in [-0.4, -0.2) is 0 Å². The zero-order valence-electron chi connectivity index (χ0n) is 56.6. The van der Waals surface area contributed by atoms with Gasteiger partial charge in [-0.1, -0.05) is 302 Å². The molecule has 480 valence electrons. The Bertz CT molecular complexity index is 3580. The first-order chi connectivity index (χ1) is 44.8. The van der Waals surface area contributed by atoms with E-state index in [1.807, 2.05) is 72.8 Å². The summed E-state index contributed by atoms with van der Waals surface area (Å²) in [5, 5.41) is 9.71. The molecule has 0 radical (unpaired) electrons. The van der Waals surface area contributed by atoms with Crippen molar-refractivity contribution in [3.8, 4) is 0 Å². The molecule has 0 fully saturated rings. The Morgan fingerprint density at radius 3 is 0.565 bits per heavy atom. The van der Waals surface area contributed by atoms with E-state index in [0.29, 0.717) is 0 Å². The van der Waals surface area contributed by atoms with Gasteiger partial charge in [0.15, 0.2) is 28.6 Å². The maximum Gasteiger partial charge on any atom is 0.172 e. The largest absolute Gasteiger partial charge is 0.309 e. The second-order valence-electron chi connectivity index (χ2n) is 28.3. The van der Waals surface area contributed by atoms with Gasteiger partial charge >= 0.3 is 0 Å². The van der Waals surface area contributed by atoms with E-state index in [1.54, 1.807) is 0 Å². The van der Waals surface area contributed by atoms with E-state index in [0.717, 1.165) is 259 Å². The minimum atomic E-state index is -3.97. The summed E-state index contributed by atoms with van der Waals surface area (Å²) in [6, 6.07) is 51.3. The third kappa shape index (κ3) is 10.4.